The molecule has 0 saturated carbocycles. The number of benzene rings is 3. The van der Waals surface area contributed by atoms with Crippen LogP contribution in [-0.2, 0) is 10.7 Å². The Morgan fingerprint density at radius 1 is 0.923 bits per heavy atom. The number of aliphatic imine (C=N–C) groups is 1. The van der Waals surface area contributed by atoms with Crippen molar-refractivity contribution in [3.63, 3.8) is 0 Å². The number of nitrogens with zero attached hydrogens (tertiary/aromatic N) is 4. The van der Waals surface area contributed by atoms with Gasteiger partial charge in [-0.15, -0.1) is 18.3 Å². The van der Waals surface area contributed by atoms with Crippen LogP contribution in [0.2, 0.25) is 0 Å². The van der Waals surface area contributed by atoms with Crippen molar-refractivity contribution in [3.05, 3.63) is 90.3 Å². The average molecular weight is 543 g/mol. The Morgan fingerprint density at radius 2 is 1.62 bits per heavy atom. The largest absolute Gasteiger partial charge is 0.573 e. The maximum absolute atomic E-state index is 13.5. The van der Waals surface area contributed by atoms with Crippen molar-refractivity contribution in [3.8, 4) is 22.8 Å². The average Bonchev–Trinajstić information content (AvgIpc) is 3.39. The van der Waals surface area contributed by atoms with Gasteiger partial charge in [-0.2, -0.15) is 0 Å². The van der Waals surface area contributed by atoms with Gasteiger partial charge in [0.25, 0.3) is 11.9 Å². The highest BCUT2D eigenvalue weighted by Gasteiger charge is 2.31. The first-order valence-corrected chi connectivity index (χ1v) is 11.9. The number of rotatable bonds is 6. The lowest BCUT2D eigenvalue weighted by Gasteiger charge is -2.22. The fourth-order valence-electron chi connectivity index (χ4n) is 3.96. The molecule has 3 aromatic carbocycles. The lowest BCUT2D eigenvalue weighted by Crippen LogP contribution is -2.23. The summed E-state index contributed by atoms with van der Waals surface area (Å²) in [5.74, 6) is -2.80. The first-order chi connectivity index (χ1) is 18.5. The Bertz CT molecular complexity index is 1440. The van der Waals surface area contributed by atoms with Crippen LogP contribution in [0.3, 0.4) is 0 Å². The SMILES string of the molecule is CC(F)(F)c1ccc(C2CCOC(Nc3ccc(-c4ncn(-c5ccc(OC(F)(F)F)cc5)n4)cc3)=N2)cc1. The summed E-state index contributed by atoms with van der Waals surface area (Å²) in [6.45, 7) is 1.29. The van der Waals surface area contributed by atoms with Gasteiger partial charge >= 0.3 is 6.36 Å². The van der Waals surface area contributed by atoms with E-state index in [2.05, 4.69) is 25.1 Å². The molecule has 1 N–H and O–H groups in total. The number of hydrogen-bond donors (Lipinski definition) is 1. The Balaban J connectivity index is 1.24. The Hall–Kier alpha value is -4.48. The molecular formula is C27H22F5N5O2. The normalized spacial score (nSPS) is 15.8. The summed E-state index contributed by atoms with van der Waals surface area (Å²) in [6.07, 6.45) is -2.68. The second kappa shape index (κ2) is 10.4. The number of hydrogen-bond acceptors (Lipinski definition) is 6. The van der Waals surface area contributed by atoms with E-state index in [0.717, 1.165) is 12.5 Å². The van der Waals surface area contributed by atoms with Crippen LogP contribution in [0.5, 0.6) is 5.75 Å². The van der Waals surface area contributed by atoms with Gasteiger partial charge in [0.1, 0.15) is 12.1 Å². The van der Waals surface area contributed by atoms with Crippen LogP contribution < -0.4 is 10.1 Å². The topological polar surface area (TPSA) is 73.6 Å². The third-order valence-electron chi connectivity index (χ3n) is 5.93. The number of nitrogens with one attached hydrogen (secondary N) is 1. The van der Waals surface area contributed by atoms with Crippen molar-refractivity contribution in [2.24, 2.45) is 4.99 Å². The second-order valence-corrected chi connectivity index (χ2v) is 8.85. The molecular weight excluding hydrogens is 521 g/mol. The molecule has 5 rings (SSSR count). The molecule has 2 heterocycles. The number of aromatic nitrogens is 3. The fourth-order valence-corrected chi connectivity index (χ4v) is 3.96. The monoisotopic (exact) mass is 543 g/mol. The molecule has 1 unspecified atom stereocenters. The molecule has 0 radical (unpaired) electrons. The maximum atomic E-state index is 13.5. The molecule has 0 saturated heterocycles. The van der Waals surface area contributed by atoms with Crippen molar-refractivity contribution in [2.45, 2.75) is 31.7 Å². The van der Waals surface area contributed by atoms with E-state index < -0.39 is 12.3 Å². The number of anilines is 1. The van der Waals surface area contributed by atoms with Crippen LogP contribution >= 0.6 is 0 Å². The minimum Gasteiger partial charge on any atom is -0.465 e. The fraction of sp³-hybridized carbons (Fsp3) is 0.222. The predicted molar refractivity (Wildman–Crippen MR) is 134 cm³/mol. The molecule has 12 heteroatoms. The van der Waals surface area contributed by atoms with E-state index in [-0.39, 0.29) is 17.4 Å². The summed E-state index contributed by atoms with van der Waals surface area (Å²) in [5, 5.41) is 7.51. The van der Waals surface area contributed by atoms with Crippen LogP contribution in [0, 0.1) is 0 Å². The van der Waals surface area contributed by atoms with Gasteiger partial charge in [-0.1, -0.05) is 24.3 Å². The van der Waals surface area contributed by atoms with E-state index in [1.54, 1.807) is 36.4 Å². The number of ether oxygens (including phenoxy) is 2. The lowest BCUT2D eigenvalue weighted by molar-refractivity contribution is -0.274. The summed E-state index contributed by atoms with van der Waals surface area (Å²) in [5.41, 5.74) is 2.72. The maximum Gasteiger partial charge on any atom is 0.573 e. The molecule has 0 bridgehead atoms. The van der Waals surface area contributed by atoms with Gasteiger partial charge in [-0.3, -0.25) is 0 Å². The third kappa shape index (κ3) is 6.51. The standard InChI is InChI=1S/C27H22F5N5O2/c1-26(28,29)19-6-2-17(3-7-19)23-14-15-38-25(35-23)34-20-8-4-18(5-9-20)24-33-16-37(36-24)21-10-12-22(13-11-21)39-27(30,31)32/h2-13,16,23H,14-15H2,1H3,(H,34,35). The highest BCUT2D eigenvalue weighted by molar-refractivity contribution is 5.89. The van der Waals surface area contributed by atoms with Crippen molar-refractivity contribution in [2.75, 3.05) is 11.9 Å². The zero-order valence-corrected chi connectivity index (χ0v) is 20.5. The zero-order valence-electron chi connectivity index (χ0n) is 20.5. The van der Waals surface area contributed by atoms with E-state index in [9.17, 15) is 22.0 Å². The van der Waals surface area contributed by atoms with Crippen LogP contribution in [0.1, 0.15) is 30.5 Å². The van der Waals surface area contributed by atoms with Gasteiger partial charge in [0, 0.05) is 30.2 Å². The number of amidine groups is 1. The van der Waals surface area contributed by atoms with Crippen LogP contribution in [0.25, 0.3) is 17.1 Å². The minimum atomic E-state index is -4.76. The van der Waals surface area contributed by atoms with Crippen molar-refractivity contribution >= 4 is 11.7 Å². The van der Waals surface area contributed by atoms with Gasteiger partial charge < -0.3 is 14.8 Å². The Kier molecular flexibility index (Phi) is 6.94. The van der Waals surface area contributed by atoms with Crippen molar-refractivity contribution in [1.82, 2.24) is 14.8 Å². The van der Waals surface area contributed by atoms with E-state index in [1.807, 2.05) is 0 Å². The smallest absolute Gasteiger partial charge is 0.465 e. The highest BCUT2D eigenvalue weighted by atomic mass is 19.4. The van der Waals surface area contributed by atoms with Crippen molar-refractivity contribution in [1.29, 1.82) is 0 Å². The van der Waals surface area contributed by atoms with Gasteiger partial charge in [0.15, 0.2) is 5.82 Å². The molecule has 4 aromatic rings. The molecule has 1 aliphatic rings. The quantitative estimate of drug-likeness (QED) is 0.269. The van der Waals surface area contributed by atoms with Crippen LogP contribution in [0.4, 0.5) is 27.6 Å². The molecule has 1 atom stereocenters. The molecule has 1 aliphatic heterocycles. The molecule has 0 amide bonds. The Morgan fingerprint density at radius 3 is 2.26 bits per heavy atom. The molecule has 7 nitrogen and oxygen atoms in total. The predicted octanol–water partition coefficient (Wildman–Crippen LogP) is 6.87. The van der Waals surface area contributed by atoms with Crippen molar-refractivity contribution < 1.29 is 31.4 Å². The molecule has 202 valence electrons. The number of alkyl halides is 5. The number of halogens is 5. The highest BCUT2D eigenvalue weighted by Crippen LogP contribution is 2.31. The van der Waals surface area contributed by atoms with Gasteiger partial charge in [0.2, 0.25) is 0 Å². The minimum absolute atomic E-state index is 0.0477. The summed E-state index contributed by atoms with van der Waals surface area (Å²) < 4.78 is 75.0. The van der Waals surface area contributed by atoms with Gasteiger partial charge in [-0.25, -0.2) is 23.4 Å². The molecule has 0 spiro atoms. The molecule has 0 fully saturated rings. The lowest BCUT2D eigenvalue weighted by atomic mass is 10.0. The summed E-state index contributed by atoms with van der Waals surface area (Å²) >= 11 is 0. The van der Waals surface area contributed by atoms with Crippen LogP contribution in [-0.4, -0.2) is 33.8 Å². The first-order valence-electron chi connectivity index (χ1n) is 11.9. The van der Waals surface area contributed by atoms with Gasteiger partial charge in [-0.05, 0) is 54.1 Å². The summed E-state index contributed by atoms with van der Waals surface area (Å²) in [7, 11) is 0. The first kappa shape index (κ1) is 26.1. The second-order valence-electron chi connectivity index (χ2n) is 8.85. The Labute approximate surface area is 219 Å². The van der Waals surface area contributed by atoms with E-state index >= 15 is 0 Å². The van der Waals surface area contributed by atoms with E-state index in [0.29, 0.717) is 41.8 Å². The molecule has 0 aliphatic carbocycles. The van der Waals surface area contributed by atoms with E-state index in [4.69, 9.17) is 4.74 Å². The van der Waals surface area contributed by atoms with E-state index in [1.165, 1.54) is 47.4 Å². The third-order valence-corrected chi connectivity index (χ3v) is 5.93. The molecule has 39 heavy (non-hydrogen) atoms. The van der Waals surface area contributed by atoms with Crippen LogP contribution in [0.15, 0.2) is 84.1 Å². The zero-order chi connectivity index (χ0) is 27.6. The molecule has 1 aromatic heterocycles. The van der Waals surface area contributed by atoms with Gasteiger partial charge in [0.05, 0.1) is 18.3 Å². The summed E-state index contributed by atoms with van der Waals surface area (Å²) in [4.78, 5) is 8.86. The summed E-state index contributed by atoms with van der Waals surface area (Å²) in [6, 6.07) is 18.7.